The molecule has 0 saturated carbocycles. The van der Waals surface area contributed by atoms with Crippen molar-refractivity contribution in [2.75, 3.05) is 13.7 Å². The number of ether oxygens (including phenoxy) is 2. The minimum atomic E-state index is -0.917. The van der Waals surface area contributed by atoms with Crippen LogP contribution in [-0.2, 0) is 9.47 Å². The van der Waals surface area contributed by atoms with Crippen molar-refractivity contribution in [3.05, 3.63) is 45.8 Å². The predicted molar refractivity (Wildman–Crippen MR) is 65.1 cm³/mol. The van der Waals surface area contributed by atoms with Crippen molar-refractivity contribution in [1.82, 2.24) is 0 Å². The number of carbonyl (C=O) groups excluding carboxylic acids is 1. The SMILES string of the molecule is C=C(OCC)c1c(C(=O)OC)cc(F)cc1[N+](=O)[O-]. The maximum Gasteiger partial charge on any atom is 0.338 e. The smallest absolute Gasteiger partial charge is 0.338 e. The summed E-state index contributed by atoms with van der Waals surface area (Å²) in [6.07, 6.45) is 0. The van der Waals surface area contributed by atoms with Crippen LogP contribution < -0.4 is 0 Å². The number of halogens is 1. The van der Waals surface area contributed by atoms with Gasteiger partial charge in [0, 0.05) is 0 Å². The van der Waals surface area contributed by atoms with Crippen molar-refractivity contribution < 1.29 is 23.6 Å². The summed E-state index contributed by atoms with van der Waals surface area (Å²) >= 11 is 0. The third-order valence-electron chi connectivity index (χ3n) is 2.28. The van der Waals surface area contributed by atoms with Crippen molar-refractivity contribution in [3.8, 4) is 0 Å². The molecule has 0 aliphatic heterocycles. The molecule has 7 heteroatoms. The van der Waals surface area contributed by atoms with E-state index in [1.807, 2.05) is 0 Å². The largest absolute Gasteiger partial charge is 0.494 e. The van der Waals surface area contributed by atoms with Crippen LogP contribution >= 0.6 is 0 Å². The van der Waals surface area contributed by atoms with E-state index in [1.54, 1.807) is 6.92 Å². The summed E-state index contributed by atoms with van der Waals surface area (Å²) in [7, 11) is 1.09. The van der Waals surface area contributed by atoms with Gasteiger partial charge in [-0.1, -0.05) is 6.58 Å². The van der Waals surface area contributed by atoms with Gasteiger partial charge in [-0.15, -0.1) is 0 Å². The first kappa shape index (κ1) is 14.6. The normalized spacial score (nSPS) is 9.84. The molecular formula is C12H12FNO5. The predicted octanol–water partition coefficient (Wildman–Crippen LogP) is 2.53. The van der Waals surface area contributed by atoms with Gasteiger partial charge < -0.3 is 9.47 Å². The maximum atomic E-state index is 13.3. The Balaban J connectivity index is 3.56. The molecule has 1 aromatic carbocycles. The van der Waals surface area contributed by atoms with E-state index in [2.05, 4.69) is 11.3 Å². The van der Waals surface area contributed by atoms with Crippen LogP contribution in [0.15, 0.2) is 18.7 Å². The van der Waals surface area contributed by atoms with E-state index in [0.29, 0.717) is 6.07 Å². The molecule has 0 N–H and O–H groups in total. The molecule has 0 fully saturated rings. The first-order valence-electron chi connectivity index (χ1n) is 5.30. The topological polar surface area (TPSA) is 78.7 Å². The fraction of sp³-hybridized carbons (Fsp3) is 0.250. The molecule has 0 amide bonds. The zero-order valence-electron chi connectivity index (χ0n) is 10.4. The molecule has 0 atom stereocenters. The van der Waals surface area contributed by atoms with Crippen molar-refractivity contribution in [2.24, 2.45) is 0 Å². The molecule has 6 nitrogen and oxygen atoms in total. The Morgan fingerprint density at radius 2 is 2.16 bits per heavy atom. The van der Waals surface area contributed by atoms with E-state index >= 15 is 0 Å². The van der Waals surface area contributed by atoms with Gasteiger partial charge in [0.05, 0.1) is 30.3 Å². The summed E-state index contributed by atoms with van der Waals surface area (Å²) in [6, 6.07) is 1.55. The summed E-state index contributed by atoms with van der Waals surface area (Å²) in [5.41, 5.74) is -1.08. The quantitative estimate of drug-likeness (QED) is 0.355. The molecule has 0 spiro atoms. The van der Waals surface area contributed by atoms with Gasteiger partial charge in [0.15, 0.2) is 0 Å². The lowest BCUT2D eigenvalue weighted by Gasteiger charge is -2.11. The van der Waals surface area contributed by atoms with Crippen LogP contribution in [-0.4, -0.2) is 24.6 Å². The number of hydrogen-bond donors (Lipinski definition) is 0. The second-order valence-corrected chi connectivity index (χ2v) is 3.45. The third-order valence-corrected chi connectivity index (χ3v) is 2.28. The zero-order valence-corrected chi connectivity index (χ0v) is 10.4. The standard InChI is InChI=1S/C12H12FNO5/c1-4-19-7(2)11-9(12(15)18-3)5-8(13)6-10(11)14(16)17/h5-6H,2,4H2,1,3H3. The van der Waals surface area contributed by atoms with E-state index in [1.165, 1.54) is 0 Å². The summed E-state index contributed by atoms with van der Waals surface area (Å²) in [6.45, 7) is 5.36. The number of benzene rings is 1. The second kappa shape index (κ2) is 5.94. The molecule has 19 heavy (non-hydrogen) atoms. The number of hydrogen-bond acceptors (Lipinski definition) is 5. The molecule has 0 unspecified atom stereocenters. The number of nitrogens with zero attached hydrogens (tertiary/aromatic N) is 1. The number of nitro benzene ring substituents is 1. The Kier molecular flexibility index (Phi) is 4.57. The first-order chi connectivity index (χ1) is 8.92. The first-order valence-corrected chi connectivity index (χ1v) is 5.30. The summed E-state index contributed by atoms with van der Waals surface area (Å²) in [5, 5.41) is 10.9. The Bertz CT molecular complexity index is 541. The Labute approximate surface area is 108 Å². The van der Waals surface area contributed by atoms with Crippen LogP contribution in [0.5, 0.6) is 0 Å². The number of methoxy groups -OCH3 is 1. The monoisotopic (exact) mass is 269 g/mol. The van der Waals surface area contributed by atoms with E-state index < -0.39 is 22.4 Å². The highest BCUT2D eigenvalue weighted by atomic mass is 19.1. The lowest BCUT2D eigenvalue weighted by atomic mass is 10.0. The highest BCUT2D eigenvalue weighted by Gasteiger charge is 2.27. The van der Waals surface area contributed by atoms with Crippen LogP contribution in [0.3, 0.4) is 0 Å². The van der Waals surface area contributed by atoms with E-state index in [9.17, 15) is 19.3 Å². The van der Waals surface area contributed by atoms with Crippen LogP contribution in [0.4, 0.5) is 10.1 Å². The van der Waals surface area contributed by atoms with Crippen LogP contribution in [0, 0.1) is 15.9 Å². The molecular weight excluding hydrogens is 257 g/mol. The zero-order chi connectivity index (χ0) is 14.6. The van der Waals surface area contributed by atoms with Gasteiger partial charge in [-0.05, 0) is 13.0 Å². The lowest BCUT2D eigenvalue weighted by molar-refractivity contribution is -0.385. The van der Waals surface area contributed by atoms with Crippen molar-refractivity contribution in [1.29, 1.82) is 0 Å². The van der Waals surface area contributed by atoms with E-state index in [4.69, 9.17) is 4.74 Å². The van der Waals surface area contributed by atoms with Gasteiger partial charge in [-0.2, -0.15) is 0 Å². The average Bonchev–Trinajstić information content (AvgIpc) is 2.36. The molecule has 0 saturated heterocycles. The summed E-state index contributed by atoms with van der Waals surface area (Å²) < 4.78 is 22.9. The molecule has 0 aliphatic carbocycles. The van der Waals surface area contributed by atoms with Gasteiger partial charge in [0.25, 0.3) is 5.69 Å². The fourth-order valence-corrected chi connectivity index (χ4v) is 1.55. The van der Waals surface area contributed by atoms with Gasteiger partial charge in [0.1, 0.15) is 17.1 Å². The molecule has 0 heterocycles. The summed E-state index contributed by atoms with van der Waals surface area (Å²) in [4.78, 5) is 21.7. The minimum Gasteiger partial charge on any atom is -0.494 e. The number of nitro groups is 1. The molecule has 0 bridgehead atoms. The minimum absolute atomic E-state index is 0.0883. The van der Waals surface area contributed by atoms with E-state index in [-0.39, 0.29) is 23.5 Å². The second-order valence-electron chi connectivity index (χ2n) is 3.45. The number of carbonyl (C=O) groups is 1. The Morgan fingerprint density at radius 1 is 1.53 bits per heavy atom. The van der Waals surface area contributed by atoms with Gasteiger partial charge in [-0.25, -0.2) is 9.18 Å². The molecule has 0 aromatic heterocycles. The number of rotatable bonds is 5. The van der Waals surface area contributed by atoms with E-state index in [0.717, 1.165) is 13.2 Å². The highest BCUT2D eigenvalue weighted by Crippen LogP contribution is 2.31. The average molecular weight is 269 g/mol. The number of esters is 1. The summed E-state index contributed by atoms with van der Waals surface area (Å²) in [5.74, 6) is -1.91. The Morgan fingerprint density at radius 3 is 2.63 bits per heavy atom. The van der Waals surface area contributed by atoms with Gasteiger partial charge >= 0.3 is 5.97 Å². The maximum absolute atomic E-state index is 13.3. The fourth-order valence-electron chi connectivity index (χ4n) is 1.55. The highest BCUT2D eigenvalue weighted by molar-refractivity contribution is 5.96. The van der Waals surface area contributed by atoms with Crippen LogP contribution in [0.25, 0.3) is 5.76 Å². The Hall–Kier alpha value is -2.44. The molecule has 102 valence electrons. The third kappa shape index (κ3) is 3.06. The van der Waals surface area contributed by atoms with Crippen LogP contribution in [0.1, 0.15) is 22.8 Å². The lowest BCUT2D eigenvalue weighted by Crippen LogP contribution is -2.10. The van der Waals surface area contributed by atoms with Crippen molar-refractivity contribution in [3.63, 3.8) is 0 Å². The molecule has 1 aromatic rings. The van der Waals surface area contributed by atoms with Gasteiger partial charge in [-0.3, -0.25) is 10.1 Å². The van der Waals surface area contributed by atoms with Crippen LogP contribution in [0.2, 0.25) is 0 Å². The van der Waals surface area contributed by atoms with Crippen molar-refractivity contribution in [2.45, 2.75) is 6.92 Å². The van der Waals surface area contributed by atoms with Gasteiger partial charge in [0.2, 0.25) is 0 Å². The molecule has 1 rings (SSSR count). The molecule has 0 aliphatic rings. The van der Waals surface area contributed by atoms with Crippen molar-refractivity contribution >= 4 is 17.4 Å². The molecule has 0 radical (unpaired) electrons.